The molecule has 1 fully saturated rings. The van der Waals surface area contributed by atoms with E-state index in [2.05, 4.69) is 11.0 Å². The van der Waals surface area contributed by atoms with Crippen LogP contribution in [-0.4, -0.2) is 18.0 Å². The van der Waals surface area contributed by atoms with E-state index >= 15 is 0 Å². The molecular formula is C17H21NO2. The van der Waals surface area contributed by atoms with Gasteiger partial charge in [0.1, 0.15) is 11.3 Å². The molecule has 1 aromatic carbocycles. The van der Waals surface area contributed by atoms with E-state index in [1.165, 1.54) is 37.9 Å². The molecule has 0 spiro atoms. The van der Waals surface area contributed by atoms with Crippen molar-refractivity contribution in [3.63, 3.8) is 0 Å². The molecule has 3 heteroatoms. The van der Waals surface area contributed by atoms with Crippen LogP contribution in [0.4, 0.5) is 0 Å². The summed E-state index contributed by atoms with van der Waals surface area (Å²) in [4.78, 5) is 14.8. The van der Waals surface area contributed by atoms with Crippen LogP contribution in [-0.2, 0) is 6.54 Å². The van der Waals surface area contributed by atoms with Crippen LogP contribution in [0.5, 0.6) is 0 Å². The van der Waals surface area contributed by atoms with E-state index in [4.69, 9.17) is 4.42 Å². The van der Waals surface area contributed by atoms with Crippen LogP contribution < -0.4 is 5.43 Å². The lowest BCUT2D eigenvalue weighted by Gasteiger charge is -2.26. The van der Waals surface area contributed by atoms with Gasteiger partial charge in [-0.2, -0.15) is 0 Å². The molecule has 2 heterocycles. The molecule has 0 radical (unpaired) electrons. The van der Waals surface area contributed by atoms with Gasteiger partial charge in [0.25, 0.3) is 0 Å². The molecule has 0 bridgehead atoms. The molecule has 1 aromatic heterocycles. The highest BCUT2D eigenvalue weighted by Gasteiger charge is 2.12. The first-order chi connectivity index (χ1) is 9.65. The molecule has 20 heavy (non-hydrogen) atoms. The molecule has 1 saturated heterocycles. The van der Waals surface area contributed by atoms with Gasteiger partial charge < -0.3 is 4.42 Å². The molecule has 1 aliphatic rings. The van der Waals surface area contributed by atoms with Crippen LogP contribution in [0.2, 0.25) is 0 Å². The molecule has 0 saturated carbocycles. The molecule has 0 unspecified atom stereocenters. The van der Waals surface area contributed by atoms with Crippen molar-refractivity contribution < 1.29 is 4.42 Å². The van der Waals surface area contributed by atoms with Crippen molar-refractivity contribution in [2.75, 3.05) is 13.1 Å². The van der Waals surface area contributed by atoms with E-state index in [0.29, 0.717) is 22.3 Å². The van der Waals surface area contributed by atoms with Gasteiger partial charge in [0.2, 0.25) is 0 Å². The second-order valence-electron chi connectivity index (χ2n) is 5.78. The topological polar surface area (TPSA) is 33.5 Å². The summed E-state index contributed by atoms with van der Waals surface area (Å²) in [5.74, 6) is 0.714. The Kier molecular flexibility index (Phi) is 3.62. The zero-order valence-electron chi connectivity index (χ0n) is 12.2. The van der Waals surface area contributed by atoms with Crippen LogP contribution in [0, 0.1) is 13.8 Å². The average Bonchev–Trinajstić information content (AvgIpc) is 2.47. The predicted molar refractivity (Wildman–Crippen MR) is 81.1 cm³/mol. The van der Waals surface area contributed by atoms with Crippen molar-refractivity contribution >= 4 is 11.0 Å². The lowest BCUT2D eigenvalue weighted by molar-refractivity contribution is 0.221. The molecule has 0 amide bonds. The van der Waals surface area contributed by atoms with Crippen molar-refractivity contribution in [3.8, 4) is 0 Å². The highest BCUT2D eigenvalue weighted by atomic mass is 16.3. The largest absolute Gasteiger partial charge is 0.461 e. The molecule has 2 aromatic rings. The zero-order chi connectivity index (χ0) is 14.1. The third kappa shape index (κ3) is 2.50. The average molecular weight is 271 g/mol. The Hall–Kier alpha value is -1.61. The van der Waals surface area contributed by atoms with Gasteiger partial charge in [0.05, 0.1) is 5.39 Å². The molecule has 0 N–H and O–H groups in total. The Morgan fingerprint density at radius 2 is 1.90 bits per heavy atom. The van der Waals surface area contributed by atoms with E-state index < -0.39 is 0 Å². The molecular weight excluding hydrogens is 250 g/mol. The first-order valence-electron chi connectivity index (χ1n) is 7.40. The minimum absolute atomic E-state index is 0.101. The maximum atomic E-state index is 12.3. The third-order valence-corrected chi connectivity index (χ3v) is 4.28. The number of benzene rings is 1. The van der Waals surface area contributed by atoms with Gasteiger partial charge in [-0.25, -0.2) is 0 Å². The second-order valence-corrected chi connectivity index (χ2v) is 5.78. The summed E-state index contributed by atoms with van der Waals surface area (Å²) >= 11 is 0. The van der Waals surface area contributed by atoms with Crippen molar-refractivity contribution in [3.05, 3.63) is 45.3 Å². The fourth-order valence-electron chi connectivity index (χ4n) is 2.92. The minimum atomic E-state index is 0.101. The monoisotopic (exact) mass is 271 g/mol. The van der Waals surface area contributed by atoms with Crippen LogP contribution in [0.1, 0.15) is 36.1 Å². The van der Waals surface area contributed by atoms with Crippen LogP contribution in [0.15, 0.2) is 27.4 Å². The smallest absolute Gasteiger partial charge is 0.195 e. The molecule has 0 aliphatic carbocycles. The summed E-state index contributed by atoms with van der Waals surface area (Å²) in [5.41, 5.74) is 2.72. The number of hydrogen-bond acceptors (Lipinski definition) is 3. The number of nitrogens with zero attached hydrogens (tertiary/aromatic N) is 1. The van der Waals surface area contributed by atoms with Gasteiger partial charge in [0.15, 0.2) is 5.43 Å². The summed E-state index contributed by atoms with van der Waals surface area (Å²) in [6.07, 6.45) is 3.92. The fraction of sp³-hybridized carbons (Fsp3) is 0.471. The maximum Gasteiger partial charge on any atom is 0.195 e. The van der Waals surface area contributed by atoms with Gasteiger partial charge in [-0.05, 0) is 57.5 Å². The number of fused-ring (bicyclic) bond motifs is 1. The maximum absolute atomic E-state index is 12.3. The van der Waals surface area contributed by atoms with Gasteiger partial charge in [-0.3, -0.25) is 9.69 Å². The Morgan fingerprint density at radius 3 is 2.65 bits per heavy atom. The molecule has 1 aliphatic heterocycles. The Labute approximate surface area is 119 Å². The molecule has 106 valence electrons. The lowest BCUT2D eigenvalue weighted by atomic mass is 10.1. The van der Waals surface area contributed by atoms with E-state index in [9.17, 15) is 4.79 Å². The van der Waals surface area contributed by atoms with Crippen LogP contribution >= 0.6 is 0 Å². The Morgan fingerprint density at radius 1 is 1.15 bits per heavy atom. The number of piperidine rings is 1. The summed E-state index contributed by atoms with van der Waals surface area (Å²) in [6, 6.07) is 6.01. The third-order valence-electron chi connectivity index (χ3n) is 4.28. The zero-order valence-corrected chi connectivity index (χ0v) is 12.2. The highest BCUT2D eigenvalue weighted by molar-refractivity contribution is 5.78. The fourth-order valence-corrected chi connectivity index (χ4v) is 2.92. The van der Waals surface area contributed by atoms with E-state index in [1.807, 2.05) is 26.0 Å². The summed E-state index contributed by atoms with van der Waals surface area (Å²) < 4.78 is 5.70. The SMILES string of the molecule is Cc1oc2ccc(CN3CCCCC3)cc2c(=O)c1C. The number of aryl methyl sites for hydroxylation is 1. The van der Waals surface area contributed by atoms with Crippen LogP contribution in [0.25, 0.3) is 11.0 Å². The number of likely N-dealkylation sites (tertiary alicyclic amines) is 1. The van der Waals surface area contributed by atoms with Gasteiger partial charge in [-0.1, -0.05) is 12.5 Å². The first-order valence-corrected chi connectivity index (χ1v) is 7.40. The van der Waals surface area contributed by atoms with E-state index in [0.717, 1.165) is 6.54 Å². The Balaban J connectivity index is 1.95. The second kappa shape index (κ2) is 5.41. The van der Waals surface area contributed by atoms with E-state index in [-0.39, 0.29) is 5.43 Å². The summed E-state index contributed by atoms with van der Waals surface area (Å²) in [7, 11) is 0. The summed E-state index contributed by atoms with van der Waals surface area (Å²) in [6.45, 7) is 6.94. The van der Waals surface area contributed by atoms with Gasteiger partial charge in [-0.15, -0.1) is 0 Å². The Bertz CT molecular complexity index is 681. The standard InChI is InChI=1S/C17H21NO2/c1-12-13(2)20-16-7-6-14(10-15(16)17(12)19)11-18-8-4-3-5-9-18/h6-7,10H,3-5,8-9,11H2,1-2H3. The minimum Gasteiger partial charge on any atom is -0.461 e. The molecule has 3 rings (SSSR count). The first kappa shape index (κ1) is 13.4. The van der Waals surface area contributed by atoms with Crippen LogP contribution in [0.3, 0.4) is 0 Å². The lowest BCUT2D eigenvalue weighted by Crippen LogP contribution is -2.29. The van der Waals surface area contributed by atoms with Crippen molar-refractivity contribution in [2.24, 2.45) is 0 Å². The van der Waals surface area contributed by atoms with Crippen molar-refractivity contribution in [1.82, 2.24) is 4.90 Å². The van der Waals surface area contributed by atoms with Gasteiger partial charge in [0, 0.05) is 12.1 Å². The highest BCUT2D eigenvalue weighted by Crippen LogP contribution is 2.19. The van der Waals surface area contributed by atoms with E-state index in [1.54, 1.807) is 0 Å². The summed E-state index contributed by atoms with van der Waals surface area (Å²) in [5, 5.41) is 0.711. The predicted octanol–water partition coefficient (Wildman–Crippen LogP) is 3.40. The molecule has 0 atom stereocenters. The van der Waals surface area contributed by atoms with Crippen molar-refractivity contribution in [1.29, 1.82) is 0 Å². The van der Waals surface area contributed by atoms with Gasteiger partial charge >= 0.3 is 0 Å². The number of rotatable bonds is 2. The normalized spacial score (nSPS) is 16.7. The molecule has 3 nitrogen and oxygen atoms in total. The number of hydrogen-bond donors (Lipinski definition) is 0. The van der Waals surface area contributed by atoms with Crippen molar-refractivity contribution in [2.45, 2.75) is 39.7 Å². The quantitative estimate of drug-likeness (QED) is 0.839.